The highest BCUT2D eigenvalue weighted by Crippen LogP contribution is 2.39. The summed E-state index contributed by atoms with van der Waals surface area (Å²) in [6.07, 6.45) is 4.13. The first kappa shape index (κ1) is 12.1. The highest BCUT2D eigenvalue weighted by Gasteiger charge is 2.39. The summed E-state index contributed by atoms with van der Waals surface area (Å²) in [7, 11) is 0. The summed E-state index contributed by atoms with van der Waals surface area (Å²) in [5.74, 6) is 0. The summed E-state index contributed by atoms with van der Waals surface area (Å²) < 4.78 is 5.36. The number of hydrogen-bond acceptors (Lipinski definition) is 3. The number of hydrogen-bond donors (Lipinski definition) is 0. The van der Waals surface area contributed by atoms with Gasteiger partial charge in [0.05, 0.1) is 6.04 Å². The lowest BCUT2D eigenvalue weighted by atomic mass is 10.1. The lowest BCUT2D eigenvalue weighted by Crippen LogP contribution is -2.40. The van der Waals surface area contributed by atoms with Crippen molar-refractivity contribution < 1.29 is 14.3 Å². The summed E-state index contributed by atoms with van der Waals surface area (Å²) in [6, 6.07) is -0.352. The first-order chi connectivity index (χ1) is 7.92. The molecule has 0 saturated carbocycles. The summed E-state index contributed by atoms with van der Waals surface area (Å²) in [4.78, 5) is 24.7. The molecule has 4 nitrogen and oxygen atoms in total. The topological polar surface area (TPSA) is 46.6 Å². The predicted molar refractivity (Wildman–Crippen MR) is 63.4 cm³/mol. The van der Waals surface area contributed by atoms with Crippen LogP contribution in [-0.4, -0.2) is 28.9 Å². The van der Waals surface area contributed by atoms with Gasteiger partial charge in [-0.15, -0.1) is 0 Å². The zero-order valence-electron chi connectivity index (χ0n) is 10.7. The first-order valence-electron chi connectivity index (χ1n) is 6.11. The third kappa shape index (κ3) is 2.35. The number of aldehydes is 1. The van der Waals surface area contributed by atoms with Gasteiger partial charge in [0.15, 0.2) is 0 Å². The first-order valence-corrected chi connectivity index (χ1v) is 6.11. The molecule has 0 N–H and O–H groups in total. The van der Waals surface area contributed by atoms with Gasteiger partial charge in [-0.3, -0.25) is 4.90 Å². The minimum Gasteiger partial charge on any atom is -0.443 e. The van der Waals surface area contributed by atoms with Crippen molar-refractivity contribution in [3.63, 3.8) is 0 Å². The van der Waals surface area contributed by atoms with Crippen LogP contribution >= 0.6 is 0 Å². The number of rotatable bonds is 1. The van der Waals surface area contributed by atoms with Crippen molar-refractivity contribution in [1.29, 1.82) is 0 Å². The molecule has 0 fully saturated rings. The van der Waals surface area contributed by atoms with E-state index in [9.17, 15) is 9.59 Å². The average molecular weight is 237 g/mol. The van der Waals surface area contributed by atoms with E-state index >= 15 is 0 Å². The largest absolute Gasteiger partial charge is 0.443 e. The summed E-state index contributed by atoms with van der Waals surface area (Å²) in [5.41, 5.74) is 1.76. The van der Waals surface area contributed by atoms with Gasteiger partial charge in [-0.25, -0.2) is 4.79 Å². The molecule has 94 valence electrons. The molecule has 1 aliphatic carbocycles. The van der Waals surface area contributed by atoms with Crippen LogP contribution in [0.1, 0.15) is 46.5 Å². The van der Waals surface area contributed by atoms with Crippen LogP contribution < -0.4 is 0 Å². The van der Waals surface area contributed by atoms with Gasteiger partial charge in [-0.1, -0.05) is 0 Å². The van der Waals surface area contributed by atoms with Crippen LogP contribution in [0, 0.1) is 0 Å². The van der Waals surface area contributed by atoms with Crippen molar-refractivity contribution in [3.05, 3.63) is 11.3 Å². The van der Waals surface area contributed by atoms with E-state index in [1.54, 1.807) is 4.90 Å². The van der Waals surface area contributed by atoms with Crippen LogP contribution in [0.15, 0.2) is 11.3 Å². The van der Waals surface area contributed by atoms with Gasteiger partial charge in [-0.2, -0.15) is 0 Å². The molecule has 1 heterocycles. The van der Waals surface area contributed by atoms with Crippen molar-refractivity contribution in [2.45, 2.75) is 58.1 Å². The molecular formula is C13H19NO3. The number of carbonyl (C=O) groups excluding carboxylic acids is 2. The Balaban J connectivity index is 2.17. The van der Waals surface area contributed by atoms with Gasteiger partial charge in [-0.05, 0) is 52.0 Å². The van der Waals surface area contributed by atoms with Gasteiger partial charge >= 0.3 is 6.09 Å². The van der Waals surface area contributed by atoms with Crippen molar-refractivity contribution in [1.82, 2.24) is 4.90 Å². The number of ether oxygens (including phenoxy) is 1. The molecule has 1 atom stereocenters. The monoisotopic (exact) mass is 237 g/mol. The minimum absolute atomic E-state index is 0.352. The number of amides is 1. The SMILES string of the molecule is CC(C)(C)OC(=O)N1C2=C(CCC2)CC1C=O. The normalized spacial score (nSPS) is 23.9. The van der Waals surface area contributed by atoms with E-state index in [2.05, 4.69) is 0 Å². The van der Waals surface area contributed by atoms with Gasteiger partial charge in [0, 0.05) is 5.70 Å². The Morgan fingerprint density at radius 1 is 1.41 bits per heavy atom. The van der Waals surface area contributed by atoms with E-state index in [1.165, 1.54) is 5.57 Å². The van der Waals surface area contributed by atoms with Crippen LogP contribution in [-0.2, 0) is 9.53 Å². The van der Waals surface area contributed by atoms with Gasteiger partial charge in [0.1, 0.15) is 11.9 Å². The molecule has 0 aromatic heterocycles. The van der Waals surface area contributed by atoms with E-state index in [4.69, 9.17) is 4.74 Å². The van der Waals surface area contributed by atoms with Crippen LogP contribution in [0.25, 0.3) is 0 Å². The Labute approximate surface area is 102 Å². The highest BCUT2D eigenvalue weighted by atomic mass is 16.6. The Hall–Kier alpha value is -1.32. The van der Waals surface area contributed by atoms with Crippen molar-refractivity contribution in [3.8, 4) is 0 Å². The van der Waals surface area contributed by atoms with Gasteiger partial charge in [0.25, 0.3) is 0 Å². The molecule has 0 saturated heterocycles. The number of allylic oxidation sites excluding steroid dienone is 1. The van der Waals surface area contributed by atoms with Crippen molar-refractivity contribution in [2.75, 3.05) is 0 Å². The highest BCUT2D eigenvalue weighted by molar-refractivity contribution is 5.78. The fraction of sp³-hybridized carbons (Fsp3) is 0.692. The standard InChI is InChI=1S/C13H19NO3/c1-13(2,3)17-12(16)14-10(8-15)7-9-5-4-6-11(9)14/h8,10H,4-7H2,1-3H3. The second kappa shape index (κ2) is 4.17. The molecule has 1 unspecified atom stereocenters. The lowest BCUT2D eigenvalue weighted by molar-refractivity contribution is -0.111. The number of likely N-dealkylation sites (tertiary alicyclic amines) is 1. The quantitative estimate of drug-likeness (QED) is 0.659. The molecule has 2 aliphatic rings. The van der Waals surface area contributed by atoms with E-state index in [0.29, 0.717) is 6.42 Å². The second-order valence-corrected chi connectivity index (χ2v) is 5.66. The molecule has 0 aromatic rings. The van der Waals surface area contributed by atoms with Crippen molar-refractivity contribution >= 4 is 12.4 Å². The molecule has 0 aromatic carbocycles. The molecule has 2 rings (SSSR count). The molecule has 17 heavy (non-hydrogen) atoms. The maximum Gasteiger partial charge on any atom is 0.415 e. The molecule has 1 aliphatic heterocycles. The lowest BCUT2D eigenvalue weighted by Gasteiger charge is -2.28. The minimum atomic E-state index is -0.521. The maximum atomic E-state index is 12.1. The Morgan fingerprint density at radius 3 is 2.71 bits per heavy atom. The smallest absolute Gasteiger partial charge is 0.415 e. The fourth-order valence-electron chi connectivity index (χ4n) is 2.51. The third-order valence-corrected chi connectivity index (χ3v) is 3.13. The third-order valence-electron chi connectivity index (χ3n) is 3.13. The predicted octanol–water partition coefficient (Wildman–Crippen LogP) is 2.63. The van der Waals surface area contributed by atoms with Gasteiger partial charge < -0.3 is 9.53 Å². The number of nitrogens with zero attached hydrogens (tertiary/aromatic N) is 1. The molecular weight excluding hydrogens is 218 g/mol. The van der Waals surface area contributed by atoms with E-state index in [0.717, 1.165) is 31.2 Å². The average Bonchev–Trinajstić information content (AvgIpc) is 2.71. The van der Waals surface area contributed by atoms with Crippen LogP contribution in [0.4, 0.5) is 4.79 Å². The molecule has 4 heteroatoms. The zero-order chi connectivity index (χ0) is 12.6. The molecule has 1 amide bonds. The zero-order valence-corrected chi connectivity index (χ0v) is 10.7. The second-order valence-electron chi connectivity index (χ2n) is 5.66. The molecule has 0 spiro atoms. The summed E-state index contributed by atoms with van der Waals surface area (Å²) in [5, 5.41) is 0. The van der Waals surface area contributed by atoms with Crippen LogP contribution in [0.5, 0.6) is 0 Å². The van der Waals surface area contributed by atoms with Crippen molar-refractivity contribution in [2.24, 2.45) is 0 Å². The van der Waals surface area contributed by atoms with E-state index in [-0.39, 0.29) is 12.1 Å². The van der Waals surface area contributed by atoms with E-state index in [1.807, 2.05) is 20.8 Å². The summed E-state index contributed by atoms with van der Waals surface area (Å²) >= 11 is 0. The maximum absolute atomic E-state index is 12.1. The van der Waals surface area contributed by atoms with Crippen LogP contribution in [0.3, 0.4) is 0 Å². The van der Waals surface area contributed by atoms with Gasteiger partial charge in [0.2, 0.25) is 0 Å². The van der Waals surface area contributed by atoms with Crippen LogP contribution in [0.2, 0.25) is 0 Å². The summed E-state index contributed by atoms with van der Waals surface area (Å²) in [6.45, 7) is 5.50. The van der Waals surface area contributed by atoms with E-state index < -0.39 is 5.60 Å². The molecule has 0 radical (unpaired) electrons. The number of carbonyl (C=O) groups is 2. The Bertz CT molecular complexity index is 379. The Morgan fingerprint density at radius 2 is 2.12 bits per heavy atom. The fourth-order valence-corrected chi connectivity index (χ4v) is 2.51. The molecule has 0 bridgehead atoms. The Kier molecular flexibility index (Phi) is 2.98.